The molecule has 21 heavy (non-hydrogen) atoms. The number of hydrogen-bond acceptors (Lipinski definition) is 6. The van der Waals surface area contributed by atoms with Gasteiger partial charge in [0, 0.05) is 25.0 Å². The first-order valence-corrected chi connectivity index (χ1v) is 8.01. The lowest BCUT2D eigenvalue weighted by Gasteiger charge is -2.29. The molecule has 0 spiro atoms. The Hall–Kier alpha value is -1.00. The fraction of sp³-hybridized carbons (Fsp3) is 0.750. The molecule has 0 atom stereocenters. The molecule has 3 N–H and O–H groups in total. The zero-order chi connectivity index (χ0) is 15.8. The van der Waals surface area contributed by atoms with Gasteiger partial charge < -0.3 is 14.8 Å². The van der Waals surface area contributed by atoms with Crippen molar-refractivity contribution in [2.24, 2.45) is 0 Å². The molecule has 0 amide bonds. The SMILES string of the molecule is C=C(C)C(=O)ONCCC[N+](C)(C)CCCS(=O)(=O)O.[OH-]. The molecule has 0 unspecified atom stereocenters. The number of hydrogen-bond donors (Lipinski definition) is 2. The molecule has 0 aromatic carbocycles. The van der Waals surface area contributed by atoms with Crippen LogP contribution >= 0.6 is 0 Å². The Morgan fingerprint density at radius 3 is 2.29 bits per heavy atom. The fourth-order valence-corrected chi connectivity index (χ4v) is 2.06. The largest absolute Gasteiger partial charge is 0.870 e. The first-order chi connectivity index (χ1) is 9.03. The lowest BCUT2D eigenvalue weighted by molar-refractivity contribution is -0.890. The topological polar surface area (TPSA) is 123 Å². The van der Waals surface area contributed by atoms with Gasteiger partial charge in [0.15, 0.2) is 0 Å². The van der Waals surface area contributed by atoms with E-state index in [1.54, 1.807) is 6.92 Å². The Bertz CT molecular complexity index is 433. The molecule has 126 valence electrons. The second-order valence-electron chi connectivity index (χ2n) is 5.44. The molecular formula is C12H26N2O6S. The van der Waals surface area contributed by atoms with Crippen molar-refractivity contribution in [3.05, 3.63) is 12.2 Å². The molecule has 0 heterocycles. The van der Waals surface area contributed by atoms with E-state index >= 15 is 0 Å². The zero-order valence-electron chi connectivity index (χ0n) is 12.8. The third kappa shape index (κ3) is 13.7. The van der Waals surface area contributed by atoms with Crippen LogP contribution in [-0.2, 0) is 19.8 Å². The lowest BCUT2D eigenvalue weighted by atomic mass is 10.3. The third-order valence-electron chi connectivity index (χ3n) is 2.72. The average molecular weight is 326 g/mol. The van der Waals surface area contributed by atoms with Gasteiger partial charge in [-0.3, -0.25) is 4.55 Å². The van der Waals surface area contributed by atoms with Gasteiger partial charge in [-0.25, -0.2) is 4.79 Å². The molecule has 0 aromatic rings. The maximum Gasteiger partial charge on any atom is 0.351 e. The molecule has 9 heteroatoms. The van der Waals surface area contributed by atoms with Crippen LogP contribution < -0.4 is 5.48 Å². The molecule has 0 bridgehead atoms. The van der Waals surface area contributed by atoms with Crippen LogP contribution in [-0.4, -0.2) is 68.4 Å². The number of nitrogens with zero attached hydrogens (tertiary/aromatic N) is 1. The third-order valence-corrected chi connectivity index (χ3v) is 3.53. The van der Waals surface area contributed by atoms with Gasteiger partial charge in [0.05, 0.1) is 32.9 Å². The van der Waals surface area contributed by atoms with Gasteiger partial charge >= 0.3 is 5.97 Å². The fourth-order valence-electron chi connectivity index (χ4n) is 1.57. The van der Waals surface area contributed by atoms with Gasteiger partial charge in [0.2, 0.25) is 0 Å². The number of hydroxylamine groups is 1. The summed E-state index contributed by atoms with van der Waals surface area (Å²) in [7, 11) is 0.0707. The van der Waals surface area contributed by atoms with Crippen LogP contribution in [0.15, 0.2) is 12.2 Å². The highest BCUT2D eigenvalue weighted by atomic mass is 32.2. The highest BCUT2D eigenvalue weighted by Gasteiger charge is 2.16. The van der Waals surface area contributed by atoms with Crippen molar-refractivity contribution >= 4 is 16.1 Å². The maximum absolute atomic E-state index is 11.1. The second kappa shape index (κ2) is 9.85. The van der Waals surface area contributed by atoms with Crippen molar-refractivity contribution < 1.29 is 32.6 Å². The van der Waals surface area contributed by atoms with Crippen molar-refractivity contribution in [3.8, 4) is 0 Å². The van der Waals surface area contributed by atoms with Crippen molar-refractivity contribution in [1.82, 2.24) is 5.48 Å². The predicted molar refractivity (Wildman–Crippen MR) is 78.3 cm³/mol. The van der Waals surface area contributed by atoms with Crippen LogP contribution in [0.2, 0.25) is 0 Å². The Balaban J connectivity index is 0. The summed E-state index contributed by atoms with van der Waals surface area (Å²) in [5.74, 6) is -0.699. The summed E-state index contributed by atoms with van der Waals surface area (Å²) in [6.45, 7) is 6.98. The minimum atomic E-state index is -3.88. The standard InChI is InChI=1S/C12H24N2O5S.H2O/c1-11(2)12(15)19-13-7-5-8-14(3,4)9-6-10-20(16,17)18;/h13H,1,5-10H2,2-4H3;1H2. The van der Waals surface area contributed by atoms with Crippen LogP contribution in [0.5, 0.6) is 0 Å². The molecule has 0 radical (unpaired) electrons. The van der Waals surface area contributed by atoms with E-state index in [-0.39, 0.29) is 11.2 Å². The van der Waals surface area contributed by atoms with E-state index in [0.717, 1.165) is 13.0 Å². The Kier molecular flexibility index (Phi) is 10.5. The number of nitrogens with one attached hydrogen (secondary N) is 1. The summed E-state index contributed by atoms with van der Waals surface area (Å²) in [6.07, 6.45) is 1.17. The average Bonchev–Trinajstić information content (AvgIpc) is 2.25. The molecule has 0 aromatic heterocycles. The van der Waals surface area contributed by atoms with Gasteiger partial charge in [0.25, 0.3) is 10.1 Å². The first-order valence-electron chi connectivity index (χ1n) is 6.40. The van der Waals surface area contributed by atoms with Crippen LogP contribution in [0.3, 0.4) is 0 Å². The smallest absolute Gasteiger partial charge is 0.351 e. The Labute approximate surface area is 126 Å². The molecule has 0 saturated carbocycles. The summed E-state index contributed by atoms with van der Waals surface area (Å²) >= 11 is 0. The minimum absolute atomic E-state index is 0. The molecule has 0 rings (SSSR count). The van der Waals surface area contributed by atoms with Crippen LogP contribution in [0.1, 0.15) is 19.8 Å². The molecule has 0 aliphatic heterocycles. The molecule has 0 fully saturated rings. The van der Waals surface area contributed by atoms with Crippen LogP contribution in [0.25, 0.3) is 0 Å². The molecule has 8 nitrogen and oxygen atoms in total. The highest BCUT2D eigenvalue weighted by Crippen LogP contribution is 2.02. The number of quaternary nitrogens is 1. The summed E-state index contributed by atoms with van der Waals surface area (Å²) in [6, 6.07) is 0. The van der Waals surface area contributed by atoms with Crippen LogP contribution in [0, 0.1) is 0 Å². The summed E-state index contributed by atoms with van der Waals surface area (Å²) in [5, 5.41) is 0. The van der Waals surface area contributed by atoms with Crippen molar-refractivity contribution in [2.45, 2.75) is 19.8 Å². The van der Waals surface area contributed by atoms with Crippen molar-refractivity contribution in [1.29, 1.82) is 0 Å². The van der Waals surface area contributed by atoms with Gasteiger partial charge in [-0.1, -0.05) is 6.58 Å². The Morgan fingerprint density at radius 2 is 1.81 bits per heavy atom. The van der Waals surface area contributed by atoms with Gasteiger partial charge in [-0.05, 0) is 6.92 Å². The van der Waals surface area contributed by atoms with E-state index in [1.807, 2.05) is 14.1 Å². The number of carbonyl (C=O) groups is 1. The van der Waals surface area contributed by atoms with E-state index in [9.17, 15) is 13.2 Å². The van der Waals surface area contributed by atoms with E-state index in [0.29, 0.717) is 29.6 Å². The quantitative estimate of drug-likeness (QED) is 0.193. The normalized spacial score (nSPS) is 11.6. The van der Waals surface area contributed by atoms with E-state index in [2.05, 4.69) is 12.1 Å². The van der Waals surface area contributed by atoms with Gasteiger partial charge in [-0.2, -0.15) is 13.9 Å². The molecular weight excluding hydrogens is 300 g/mol. The molecule has 0 aliphatic rings. The van der Waals surface area contributed by atoms with E-state index in [4.69, 9.17) is 9.39 Å². The lowest BCUT2D eigenvalue weighted by Crippen LogP contribution is -2.42. The first kappa shape index (κ1) is 22.3. The van der Waals surface area contributed by atoms with Crippen molar-refractivity contribution in [2.75, 3.05) is 39.5 Å². The predicted octanol–water partition coefficient (Wildman–Crippen LogP) is 0.178. The van der Waals surface area contributed by atoms with Gasteiger partial charge in [-0.15, -0.1) is 0 Å². The van der Waals surface area contributed by atoms with Crippen molar-refractivity contribution in [3.63, 3.8) is 0 Å². The molecule has 0 aliphatic carbocycles. The monoisotopic (exact) mass is 326 g/mol. The van der Waals surface area contributed by atoms with Gasteiger partial charge in [0.1, 0.15) is 0 Å². The van der Waals surface area contributed by atoms with E-state index < -0.39 is 16.1 Å². The zero-order valence-corrected chi connectivity index (χ0v) is 13.6. The highest BCUT2D eigenvalue weighted by molar-refractivity contribution is 7.85. The van der Waals surface area contributed by atoms with Crippen LogP contribution in [0.4, 0.5) is 0 Å². The number of rotatable bonds is 10. The van der Waals surface area contributed by atoms with E-state index in [1.165, 1.54) is 0 Å². The Morgan fingerprint density at radius 1 is 1.29 bits per heavy atom. The summed E-state index contributed by atoms with van der Waals surface area (Å²) in [4.78, 5) is 15.8. The maximum atomic E-state index is 11.1. The summed E-state index contributed by atoms with van der Waals surface area (Å²) in [5.41, 5.74) is 2.90. The molecule has 0 saturated heterocycles. The minimum Gasteiger partial charge on any atom is -0.870 e. The summed E-state index contributed by atoms with van der Waals surface area (Å²) < 4.78 is 30.5. The number of carbonyl (C=O) groups excluding carboxylic acids is 1. The second-order valence-corrected chi connectivity index (χ2v) is 7.01.